The molecular weight excluding hydrogens is 528 g/mol. The zero-order chi connectivity index (χ0) is 28.7. The highest BCUT2D eigenvalue weighted by atomic mass is 16.6. The standard InChI is InChI=1S/C28H24O12/c1-36-19-8-13(9-20-27(19)39-6-5-38-20)14(10-21(33)37-2)22-17(31)11-18(32)23-24(34)25(35)26(40-28(22)23)12-3-4-15(29)16(30)7-12/h3-4,7-9,11,14,29-32,35H,5-6,10H2,1-2H3. The molecule has 1 atom stereocenters. The van der Waals surface area contributed by atoms with Gasteiger partial charge in [0.25, 0.3) is 0 Å². The highest BCUT2D eigenvalue weighted by Gasteiger charge is 2.32. The molecule has 5 rings (SSSR count). The van der Waals surface area contributed by atoms with Gasteiger partial charge < -0.3 is 48.9 Å². The number of ether oxygens (including phenoxy) is 4. The molecule has 0 aliphatic carbocycles. The lowest BCUT2D eigenvalue weighted by atomic mass is 9.86. The molecule has 0 spiro atoms. The first-order valence-corrected chi connectivity index (χ1v) is 12.0. The Kier molecular flexibility index (Phi) is 6.68. The molecule has 4 aromatic rings. The summed E-state index contributed by atoms with van der Waals surface area (Å²) in [5.41, 5.74) is -1.08. The second kappa shape index (κ2) is 10.1. The number of carbonyl (C=O) groups excluding carboxylic acids is 1. The highest BCUT2D eigenvalue weighted by Crippen LogP contribution is 2.48. The summed E-state index contributed by atoms with van der Waals surface area (Å²) in [6.45, 7) is 0.549. The first-order valence-electron chi connectivity index (χ1n) is 12.0. The van der Waals surface area contributed by atoms with Crippen molar-refractivity contribution in [2.45, 2.75) is 12.3 Å². The number of hydrogen-bond donors (Lipinski definition) is 5. The van der Waals surface area contributed by atoms with E-state index in [-0.39, 0.29) is 35.5 Å². The van der Waals surface area contributed by atoms with Gasteiger partial charge in [-0.05, 0) is 35.9 Å². The maximum absolute atomic E-state index is 13.3. The molecule has 0 bridgehead atoms. The van der Waals surface area contributed by atoms with Crippen LogP contribution in [0.5, 0.6) is 46.0 Å². The predicted octanol–water partition coefficient (Wildman–Crippen LogP) is 3.46. The predicted molar refractivity (Wildman–Crippen MR) is 139 cm³/mol. The molecule has 0 fully saturated rings. The Morgan fingerprint density at radius 2 is 1.68 bits per heavy atom. The fourth-order valence-electron chi connectivity index (χ4n) is 4.67. The molecule has 2 heterocycles. The van der Waals surface area contributed by atoms with Crippen molar-refractivity contribution < 1.29 is 53.7 Å². The van der Waals surface area contributed by atoms with Crippen molar-refractivity contribution in [2.24, 2.45) is 0 Å². The first-order chi connectivity index (χ1) is 19.1. The van der Waals surface area contributed by atoms with Gasteiger partial charge in [0.15, 0.2) is 28.8 Å². The second-order valence-electron chi connectivity index (χ2n) is 8.93. The van der Waals surface area contributed by atoms with E-state index in [9.17, 15) is 35.1 Å². The largest absolute Gasteiger partial charge is 0.507 e. The second-order valence-corrected chi connectivity index (χ2v) is 8.93. The molecule has 0 saturated carbocycles. The maximum atomic E-state index is 13.3. The molecule has 12 heteroatoms. The third-order valence-corrected chi connectivity index (χ3v) is 6.58. The normalized spacial score (nSPS) is 13.2. The monoisotopic (exact) mass is 552 g/mol. The van der Waals surface area contributed by atoms with Crippen LogP contribution in [0.1, 0.15) is 23.5 Å². The van der Waals surface area contributed by atoms with E-state index in [0.29, 0.717) is 23.7 Å². The third kappa shape index (κ3) is 4.38. The quantitative estimate of drug-likeness (QED) is 0.174. The zero-order valence-corrected chi connectivity index (χ0v) is 21.3. The summed E-state index contributed by atoms with van der Waals surface area (Å²) in [6, 6.07) is 7.51. The molecule has 1 aromatic heterocycles. The van der Waals surface area contributed by atoms with Crippen LogP contribution < -0.4 is 19.6 Å². The molecule has 0 amide bonds. The van der Waals surface area contributed by atoms with Gasteiger partial charge in [-0.25, -0.2) is 0 Å². The van der Waals surface area contributed by atoms with E-state index < -0.39 is 57.2 Å². The van der Waals surface area contributed by atoms with E-state index in [1.807, 2.05) is 0 Å². The van der Waals surface area contributed by atoms with Gasteiger partial charge in [-0.3, -0.25) is 9.59 Å². The van der Waals surface area contributed by atoms with Crippen LogP contribution in [-0.4, -0.2) is 58.9 Å². The van der Waals surface area contributed by atoms with Gasteiger partial charge in [-0.1, -0.05) is 0 Å². The number of aromatic hydroxyl groups is 5. The molecule has 1 aliphatic rings. The average Bonchev–Trinajstić information content (AvgIpc) is 2.94. The van der Waals surface area contributed by atoms with E-state index >= 15 is 0 Å². The Bertz CT molecular complexity index is 1690. The van der Waals surface area contributed by atoms with E-state index in [0.717, 1.165) is 18.2 Å². The smallest absolute Gasteiger partial charge is 0.306 e. The molecule has 1 unspecified atom stereocenters. The fourth-order valence-corrected chi connectivity index (χ4v) is 4.67. The van der Waals surface area contributed by atoms with Crippen LogP contribution in [0.3, 0.4) is 0 Å². The van der Waals surface area contributed by atoms with Gasteiger partial charge in [0.1, 0.15) is 35.7 Å². The lowest BCUT2D eigenvalue weighted by molar-refractivity contribution is -0.140. The summed E-state index contributed by atoms with van der Waals surface area (Å²) >= 11 is 0. The highest BCUT2D eigenvalue weighted by molar-refractivity contribution is 5.92. The van der Waals surface area contributed by atoms with Crippen molar-refractivity contribution in [3.05, 3.63) is 57.7 Å². The molecule has 1 aliphatic heterocycles. The van der Waals surface area contributed by atoms with Crippen molar-refractivity contribution in [3.63, 3.8) is 0 Å². The zero-order valence-electron chi connectivity index (χ0n) is 21.3. The van der Waals surface area contributed by atoms with E-state index in [2.05, 4.69) is 0 Å². The minimum Gasteiger partial charge on any atom is -0.507 e. The van der Waals surface area contributed by atoms with Gasteiger partial charge in [0, 0.05) is 23.1 Å². The van der Waals surface area contributed by atoms with Crippen molar-refractivity contribution in [1.29, 1.82) is 0 Å². The molecule has 0 radical (unpaired) electrons. The maximum Gasteiger partial charge on any atom is 0.306 e. The summed E-state index contributed by atoms with van der Waals surface area (Å²) in [5, 5.41) is 51.6. The summed E-state index contributed by atoms with van der Waals surface area (Å²) in [4.78, 5) is 25.9. The van der Waals surface area contributed by atoms with Gasteiger partial charge in [0.05, 0.1) is 20.6 Å². The molecule has 5 N–H and O–H groups in total. The minimum atomic E-state index is -1.05. The van der Waals surface area contributed by atoms with Crippen LogP contribution in [0.15, 0.2) is 45.6 Å². The van der Waals surface area contributed by atoms with Crippen LogP contribution in [0.4, 0.5) is 0 Å². The number of rotatable bonds is 6. The van der Waals surface area contributed by atoms with E-state index in [1.54, 1.807) is 12.1 Å². The van der Waals surface area contributed by atoms with Crippen LogP contribution in [-0.2, 0) is 9.53 Å². The average molecular weight is 552 g/mol. The Balaban J connectivity index is 1.83. The van der Waals surface area contributed by atoms with Crippen LogP contribution in [0.2, 0.25) is 0 Å². The van der Waals surface area contributed by atoms with Gasteiger partial charge in [-0.15, -0.1) is 0 Å². The van der Waals surface area contributed by atoms with E-state index in [1.165, 1.54) is 20.3 Å². The Morgan fingerprint density at radius 3 is 2.38 bits per heavy atom. The number of phenolic OH excluding ortho intramolecular Hbond substituents is 4. The molecular formula is C28H24O12. The number of methoxy groups -OCH3 is 2. The summed E-state index contributed by atoms with van der Waals surface area (Å²) in [5.74, 6) is -4.30. The van der Waals surface area contributed by atoms with Gasteiger partial charge in [0.2, 0.25) is 16.9 Å². The molecule has 208 valence electrons. The number of esters is 1. The topological polar surface area (TPSA) is 185 Å². The lowest BCUT2D eigenvalue weighted by Gasteiger charge is -2.25. The number of fused-ring (bicyclic) bond motifs is 2. The lowest BCUT2D eigenvalue weighted by Crippen LogP contribution is -2.17. The molecule has 12 nitrogen and oxygen atoms in total. The summed E-state index contributed by atoms with van der Waals surface area (Å²) in [7, 11) is 2.60. The fraction of sp³-hybridized carbons (Fsp3) is 0.214. The number of phenols is 4. The third-order valence-electron chi connectivity index (χ3n) is 6.58. The Labute approximate surface area is 225 Å². The molecule has 0 saturated heterocycles. The van der Waals surface area contributed by atoms with Crippen LogP contribution in [0.25, 0.3) is 22.3 Å². The number of carbonyl (C=O) groups is 1. The molecule has 3 aromatic carbocycles. The van der Waals surface area contributed by atoms with Crippen molar-refractivity contribution in [1.82, 2.24) is 0 Å². The minimum absolute atomic E-state index is 0.00565. The Morgan fingerprint density at radius 1 is 0.925 bits per heavy atom. The van der Waals surface area contributed by atoms with Crippen molar-refractivity contribution in [3.8, 4) is 57.3 Å². The summed E-state index contributed by atoms with van der Waals surface area (Å²) in [6.07, 6.45) is -0.355. The van der Waals surface area contributed by atoms with Crippen LogP contribution in [0, 0.1) is 0 Å². The Hall–Kier alpha value is -5.26. The van der Waals surface area contributed by atoms with Gasteiger partial charge in [-0.2, -0.15) is 0 Å². The van der Waals surface area contributed by atoms with Crippen LogP contribution >= 0.6 is 0 Å². The number of hydrogen-bond acceptors (Lipinski definition) is 12. The number of benzene rings is 3. The van der Waals surface area contributed by atoms with Crippen molar-refractivity contribution in [2.75, 3.05) is 27.4 Å². The SMILES string of the molecule is COC(=O)CC(c1cc(OC)c2c(c1)OCCO2)c1c(O)cc(O)c2c(=O)c(O)c(-c3ccc(O)c(O)c3)oc12. The molecule has 40 heavy (non-hydrogen) atoms. The summed E-state index contributed by atoms with van der Waals surface area (Å²) < 4.78 is 27.7. The van der Waals surface area contributed by atoms with Gasteiger partial charge >= 0.3 is 5.97 Å². The first kappa shape index (κ1) is 26.4. The van der Waals surface area contributed by atoms with E-state index in [4.69, 9.17) is 23.4 Å². The van der Waals surface area contributed by atoms with Crippen molar-refractivity contribution >= 4 is 16.9 Å².